The van der Waals surface area contributed by atoms with Crippen LogP contribution in [-0.2, 0) is 4.79 Å². The second-order valence-corrected chi connectivity index (χ2v) is 5.69. The van der Waals surface area contributed by atoms with E-state index in [0.717, 1.165) is 30.3 Å². The number of nitrogens with one attached hydrogen (secondary N) is 1. The first kappa shape index (κ1) is 13.3. The molecule has 104 valence electrons. The number of nitrogens with zero attached hydrogens (tertiary/aromatic N) is 1. The molecule has 0 aliphatic heterocycles. The van der Waals surface area contributed by atoms with Crippen LogP contribution >= 0.6 is 11.6 Å². The van der Waals surface area contributed by atoms with Gasteiger partial charge < -0.3 is 11.1 Å². The summed E-state index contributed by atoms with van der Waals surface area (Å²) in [5, 5.41) is 4.41. The molecule has 1 aliphatic carbocycles. The van der Waals surface area contributed by atoms with E-state index < -0.39 is 5.41 Å². The smallest absolute Gasteiger partial charge is 0.231 e. The Labute approximate surface area is 122 Å². The van der Waals surface area contributed by atoms with Gasteiger partial charge in [-0.1, -0.05) is 18.0 Å². The van der Waals surface area contributed by atoms with E-state index >= 15 is 0 Å². The first-order chi connectivity index (χ1) is 9.66. The summed E-state index contributed by atoms with van der Waals surface area (Å²) in [6, 6.07) is 7.30. The van der Waals surface area contributed by atoms with E-state index in [2.05, 4.69) is 10.3 Å². The molecule has 3 N–H and O–H groups in total. The largest absolute Gasteiger partial charge is 0.329 e. The topological polar surface area (TPSA) is 68.0 Å². The van der Waals surface area contributed by atoms with Crippen molar-refractivity contribution in [3.05, 3.63) is 35.5 Å². The van der Waals surface area contributed by atoms with Crippen molar-refractivity contribution in [2.75, 3.05) is 11.9 Å². The highest BCUT2D eigenvalue weighted by Gasteiger charge is 2.42. The Bertz CT molecular complexity index is 662. The van der Waals surface area contributed by atoms with E-state index in [9.17, 15) is 4.79 Å². The van der Waals surface area contributed by atoms with E-state index in [-0.39, 0.29) is 5.91 Å². The number of carbonyl (C=O) groups excluding carboxylic acids is 1. The predicted molar refractivity (Wildman–Crippen MR) is 80.7 cm³/mol. The second-order valence-electron chi connectivity index (χ2n) is 5.29. The van der Waals surface area contributed by atoms with E-state index in [1.807, 2.05) is 18.2 Å². The van der Waals surface area contributed by atoms with E-state index in [0.29, 0.717) is 17.1 Å². The minimum atomic E-state index is -0.395. The lowest BCUT2D eigenvalue weighted by atomic mass is 9.68. The van der Waals surface area contributed by atoms with Gasteiger partial charge >= 0.3 is 0 Å². The van der Waals surface area contributed by atoms with Crippen LogP contribution in [0.1, 0.15) is 19.3 Å². The molecule has 20 heavy (non-hydrogen) atoms. The number of halogens is 1. The molecule has 1 aromatic heterocycles. The highest BCUT2D eigenvalue weighted by atomic mass is 35.5. The molecule has 3 rings (SSSR count). The lowest BCUT2D eigenvalue weighted by Gasteiger charge is -2.39. The van der Waals surface area contributed by atoms with Gasteiger partial charge in [0.15, 0.2) is 0 Å². The maximum atomic E-state index is 12.4. The van der Waals surface area contributed by atoms with Gasteiger partial charge in [0.1, 0.15) is 0 Å². The molecule has 5 heteroatoms. The molecule has 1 amide bonds. The number of hydrogen-bond donors (Lipinski definition) is 2. The average molecular weight is 290 g/mol. The zero-order valence-corrected chi connectivity index (χ0v) is 11.8. The molecule has 0 atom stereocenters. The Morgan fingerprint density at radius 2 is 2.20 bits per heavy atom. The summed E-state index contributed by atoms with van der Waals surface area (Å²) < 4.78 is 0. The minimum Gasteiger partial charge on any atom is -0.329 e. The van der Waals surface area contributed by atoms with Crippen LogP contribution in [-0.4, -0.2) is 17.4 Å². The molecule has 0 bridgehead atoms. The lowest BCUT2D eigenvalue weighted by molar-refractivity contribution is -0.129. The van der Waals surface area contributed by atoms with E-state index in [1.54, 1.807) is 12.3 Å². The Hall–Kier alpha value is -1.65. The SMILES string of the molecule is NCC1(C(=O)Nc2ccc(Cl)c3ncccc23)CCC1. The molecule has 1 saturated carbocycles. The van der Waals surface area contributed by atoms with Gasteiger partial charge in [0.2, 0.25) is 5.91 Å². The van der Waals surface area contributed by atoms with Crippen LogP contribution in [0.4, 0.5) is 5.69 Å². The van der Waals surface area contributed by atoms with Crippen molar-refractivity contribution in [2.24, 2.45) is 11.1 Å². The summed E-state index contributed by atoms with van der Waals surface area (Å²) in [4.78, 5) is 16.7. The van der Waals surface area contributed by atoms with Crippen molar-refractivity contribution in [3.8, 4) is 0 Å². The highest BCUT2D eigenvalue weighted by molar-refractivity contribution is 6.35. The predicted octanol–water partition coefficient (Wildman–Crippen LogP) is 2.96. The van der Waals surface area contributed by atoms with Crippen molar-refractivity contribution in [1.29, 1.82) is 0 Å². The van der Waals surface area contributed by atoms with Crippen LogP contribution in [0.5, 0.6) is 0 Å². The molecule has 1 aliphatic rings. The van der Waals surface area contributed by atoms with Gasteiger partial charge in [-0.2, -0.15) is 0 Å². The number of nitrogens with two attached hydrogens (primary N) is 1. The maximum Gasteiger partial charge on any atom is 0.231 e. The minimum absolute atomic E-state index is 0.00118. The van der Waals surface area contributed by atoms with Gasteiger partial charge in [-0.3, -0.25) is 9.78 Å². The standard InChI is InChI=1S/C15H16ClN3O/c16-11-4-5-12(10-3-1-8-18-13(10)11)19-14(20)15(9-17)6-2-7-15/h1,3-5,8H,2,6-7,9,17H2,(H,19,20). The fourth-order valence-corrected chi connectivity index (χ4v) is 2.84. The molecule has 1 aromatic carbocycles. The van der Waals surface area contributed by atoms with Gasteiger partial charge in [0.05, 0.1) is 21.6 Å². The first-order valence-corrected chi connectivity index (χ1v) is 7.09. The Kier molecular flexibility index (Phi) is 3.36. The van der Waals surface area contributed by atoms with E-state index in [4.69, 9.17) is 17.3 Å². The summed E-state index contributed by atoms with van der Waals surface area (Å²) in [5.41, 5.74) is 6.81. The molecule has 4 nitrogen and oxygen atoms in total. The number of amides is 1. The van der Waals surface area contributed by atoms with Gasteiger partial charge in [-0.25, -0.2) is 0 Å². The van der Waals surface area contributed by atoms with Crippen molar-refractivity contribution in [3.63, 3.8) is 0 Å². The third-order valence-electron chi connectivity index (χ3n) is 4.15. The van der Waals surface area contributed by atoms with Gasteiger partial charge in [-0.05, 0) is 37.1 Å². The highest BCUT2D eigenvalue weighted by Crippen LogP contribution is 2.41. The molecule has 1 heterocycles. The number of pyridine rings is 1. The summed E-state index contributed by atoms with van der Waals surface area (Å²) in [6.45, 7) is 0.391. The van der Waals surface area contributed by atoms with Crippen LogP contribution in [0.15, 0.2) is 30.5 Å². The number of fused-ring (bicyclic) bond motifs is 1. The number of benzene rings is 1. The molecular weight excluding hydrogens is 274 g/mol. The summed E-state index contributed by atoms with van der Waals surface area (Å²) in [7, 11) is 0. The van der Waals surface area contributed by atoms with Crippen LogP contribution < -0.4 is 11.1 Å². The van der Waals surface area contributed by atoms with E-state index in [1.165, 1.54) is 0 Å². The average Bonchev–Trinajstić information content (AvgIpc) is 2.42. The monoisotopic (exact) mass is 289 g/mol. The molecule has 0 radical (unpaired) electrons. The molecular formula is C15H16ClN3O. The first-order valence-electron chi connectivity index (χ1n) is 6.71. The molecule has 0 saturated heterocycles. The summed E-state index contributed by atoms with van der Waals surface area (Å²) in [5.74, 6) is -0.00118. The molecule has 0 spiro atoms. The van der Waals surface area contributed by atoms with Crippen molar-refractivity contribution in [2.45, 2.75) is 19.3 Å². The molecule has 2 aromatic rings. The van der Waals surface area contributed by atoms with Crippen molar-refractivity contribution < 1.29 is 4.79 Å². The van der Waals surface area contributed by atoms with Gasteiger partial charge in [0, 0.05) is 18.1 Å². The van der Waals surface area contributed by atoms with Gasteiger partial charge in [0.25, 0.3) is 0 Å². The lowest BCUT2D eigenvalue weighted by Crippen LogP contribution is -2.47. The second kappa shape index (κ2) is 5.04. The summed E-state index contributed by atoms with van der Waals surface area (Å²) in [6.07, 6.45) is 4.47. The van der Waals surface area contributed by atoms with Crippen LogP contribution in [0.2, 0.25) is 5.02 Å². The number of anilines is 1. The number of aromatic nitrogens is 1. The van der Waals surface area contributed by atoms with Crippen molar-refractivity contribution in [1.82, 2.24) is 4.98 Å². The third-order valence-corrected chi connectivity index (χ3v) is 4.46. The zero-order chi connectivity index (χ0) is 14.2. The Morgan fingerprint density at radius 3 is 2.85 bits per heavy atom. The fraction of sp³-hybridized carbons (Fsp3) is 0.333. The number of carbonyl (C=O) groups is 1. The zero-order valence-electron chi connectivity index (χ0n) is 11.0. The van der Waals surface area contributed by atoms with Crippen LogP contribution in [0, 0.1) is 5.41 Å². The van der Waals surface area contributed by atoms with Crippen LogP contribution in [0.3, 0.4) is 0 Å². The number of hydrogen-bond acceptors (Lipinski definition) is 3. The normalized spacial score (nSPS) is 16.7. The Morgan fingerprint density at radius 1 is 1.40 bits per heavy atom. The van der Waals surface area contributed by atoms with Crippen LogP contribution in [0.25, 0.3) is 10.9 Å². The molecule has 0 unspecified atom stereocenters. The van der Waals surface area contributed by atoms with Gasteiger partial charge in [-0.15, -0.1) is 0 Å². The molecule has 1 fully saturated rings. The Balaban J connectivity index is 1.95. The third kappa shape index (κ3) is 2.05. The van der Waals surface area contributed by atoms with Crippen molar-refractivity contribution >= 4 is 34.1 Å². The number of rotatable bonds is 3. The quantitative estimate of drug-likeness (QED) is 0.913. The maximum absolute atomic E-state index is 12.4. The fourth-order valence-electron chi connectivity index (χ4n) is 2.63. The summed E-state index contributed by atoms with van der Waals surface area (Å²) >= 11 is 6.13.